The fourth-order valence-electron chi connectivity index (χ4n) is 2.45. The number of rotatable bonds is 6. The molecule has 0 fully saturated rings. The Hall–Kier alpha value is -2.45. The van der Waals surface area contributed by atoms with Crippen LogP contribution in [0.15, 0.2) is 16.5 Å². The largest absolute Gasteiger partial charge is 0.494 e. The molecule has 132 valence electrons. The van der Waals surface area contributed by atoms with Crippen molar-refractivity contribution < 1.29 is 13.9 Å². The summed E-state index contributed by atoms with van der Waals surface area (Å²) in [6, 6.07) is 5.81. The summed E-state index contributed by atoms with van der Waals surface area (Å²) < 4.78 is 11.1. The zero-order valence-electron chi connectivity index (χ0n) is 14.8. The lowest BCUT2D eigenvalue weighted by Crippen LogP contribution is -2.13. The second-order valence-electron chi connectivity index (χ2n) is 5.97. The number of hydrogen-bond acceptors (Lipinski definition) is 4. The summed E-state index contributed by atoms with van der Waals surface area (Å²) in [4.78, 5) is 12.0. The molecule has 0 saturated carbocycles. The third-order valence-corrected chi connectivity index (χ3v) is 4.57. The Labute approximate surface area is 152 Å². The van der Waals surface area contributed by atoms with Crippen LogP contribution in [-0.2, 0) is 4.79 Å². The van der Waals surface area contributed by atoms with Crippen LogP contribution in [0.1, 0.15) is 40.9 Å². The third-order valence-electron chi connectivity index (χ3n) is 3.98. The molecule has 5 nitrogen and oxygen atoms in total. The fourth-order valence-corrected chi connectivity index (χ4v) is 2.56. The van der Waals surface area contributed by atoms with E-state index in [0.29, 0.717) is 24.4 Å². The standard InChI is InChI=1S/C19H21ClN2O3/c1-11-8-15(9-12(2)18(11)20)24-7-5-6-17(23)22-19-16(10-21)13(3)14(4)25-19/h8-9H,5-7H2,1-4H3,(H,22,23). The highest BCUT2D eigenvalue weighted by atomic mass is 35.5. The number of halogens is 1. The number of ether oxygens (including phenoxy) is 1. The number of aryl methyl sites for hydroxylation is 3. The second-order valence-corrected chi connectivity index (χ2v) is 6.35. The van der Waals surface area contributed by atoms with Crippen LogP contribution >= 0.6 is 11.6 Å². The Morgan fingerprint density at radius 2 is 1.92 bits per heavy atom. The van der Waals surface area contributed by atoms with Crippen LogP contribution in [0.4, 0.5) is 5.88 Å². The van der Waals surface area contributed by atoms with Gasteiger partial charge in [-0.1, -0.05) is 11.6 Å². The van der Waals surface area contributed by atoms with Crippen LogP contribution in [0.5, 0.6) is 5.75 Å². The number of benzene rings is 1. The van der Waals surface area contributed by atoms with Crippen molar-refractivity contribution in [2.45, 2.75) is 40.5 Å². The molecule has 1 aromatic carbocycles. The van der Waals surface area contributed by atoms with Gasteiger partial charge in [-0.15, -0.1) is 0 Å². The van der Waals surface area contributed by atoms with E-state index in [0.717, 1.165) is 27.5 Å². The van der Waals surface area contributed by atoms with Crippen LogP contribution in [0.3, 0.4) is 0 Å². The van der Waals surface area contributed by atoms with Crippen LogP contribution in [-0.4, -0.2) is 12.5 Å². The van der Waals surface area contributed by atoms with E-state index in [1.807, 2.05) is 32.0 Å². The fraction of sp³-hybridized carbons (Fsp3) is 0.368. The summed E-state index contributed by atoms with van der Waals surface area (Å²) in [6.45, 7) is 7.81. The first kappa shape index (κ1) is 18.9. The van der Waals surface area contributed by atoms with Gasteiger partial charge in [0.15, 0.2) is 0 Å². The van der Waals surface area contributed by atoms with Gasteiger partial charge in [0.25, 0.3) is 0 Å². The van der Waals surface area contributed by atoms with Crippen molar-refractivity contribution in [3.63, 3.8) is 0 Å². The van der Waals surface area contributed by atoms with Gasteiger partial charge in [-0.3, -0.25) is 10.1 Å². The van der Waals surface area contributed by atoms with E-state index in [1.54, 1.807) is 13.8 Å². The molecule has 0 unspecified atom stereocenters. The lowest BCUT2D eigenvalue weighted by atomic mass is 10.1. The highest BCUT2D eigenvalue weighted by molar-refractivity contribution is 6.32. The minimum atomic E-state index is -0.211. The van der Waals surface area contributed by atoms with Crippen LogP contribution < -0.4 is 10.1 Å². The SMILES string of the molecule is Cc1cc(OCCCC(=O)Nc2oc(C)c(C)c2C#N)cc(C)c1Cl. The minimum absolute atomic E-state index is 0.211. The van der Waals surface area contributed by atoms with Crippen LogP contribution in [0, 0.1) is 39.0 Å². The van der Waals surface area contributed by atoms with E-state index in [2.05, 4.69) is 5.32 Å². The van der Waals surface area contributed by atoms with Crippen molar-refractivity contribution in [2.75, 3.05) is 11.9 Å². The quantitative estimate of drug-likeness (QED) is 0.748. The predicted octanol–water partition coefficient (Wildman–Crippen LogP) is 4.84. The second kappa shape index (κ2) is 8.09. The molecule has 1 heterocycles. The van der Waals surface area contributed by atoms with Gasteiger partial charge >= 0.3 is 0 Å². The van der Waals surface area contributed by atoms with E-state index in [9.17, 15) is 4.79 Å². The van der Waals surface area contributed by atoms with E-state index < -0.39 is 0 Å². The number of nitrogens with zero attached hydrogens (tertiary/aromatic N) is 1. The van der Waals surface area contributed by atoms with Gasteiger partial charge in [-0.2, -0.15) is 5.26 Å². The molecule has 0 saturated heterocycles. The van der Waals surface area contributed by atoms with Gasteiger partial charge < -0.3 is 9.15 Å². The predicted molar refractivity (Wildman–Crippen MR) is 97.2 cm³/mol. The number of nitrogens with one attached hydrogen (secondary N) is 1. The molecule has 0 radical (unpaired) electrons. The van der Waals surface area contributed by atoms with Gasteiger partial charge in [0.2, 0.25) is 11.8 Å². The van der Waals surface area contributed by atoms with E-state index in [4.69, 9.17) is 26.0 Å². The Balaban J connectivity index is 1.84. The Kier molecular flexibility index (Phi) is 6.11. The highest BCUT2D eigenvalue weighted by Crippen LogP contribution is 2.27. The molecular formula is C19H21ClN2O3. The number of furan rings is 1. The minimum Gasteiger partial charge on any atom is -0.494 e. The lowest BCUT2D eigenvalue weighted by molar-refractivity contribution is -0.116. The topological polar surface area (TPSA) is 75.3 Å². The maximum Gasteiger partial charge on any atom is 0.226 e. The maximum absolute atomic E-state index is 12.0. The molecule has 0 spiro atoms. The van der Waals surface area contributed by atoms with Crippen molar-refractivity contribution in [1.82, 2.24) is 0 Å². The molecule has 1 N–H and O–H groups in total. The number of amides is 1. The smallest absolute Gasteiger partial charge is 0.226 e. The molecule has 0 aliphatic heterocycles. The summed E-state index contributed by atoms with van der Waals surface area (Å²) in [6.07, 6.45) is 0.822. The maximum atomic E-state index is 12.0. The first-order valence-corrected chi connectivity index (χ1v) is 8.40. The Morgan fingerprint density at radius 3 is 2.52 bits per heavy atom. The molecule has 0 aliphatic rings. The average molecular weight is 361 g/mol. The zero-order chi connectivity index (χ0) is 18.6. The summed E-state index contributed by atoms with van der Waals surface area (Å²) >= 11 is 6.13. The van der Waals surface area contributed by atoms with Gasteiger partial charge in [0.05, 0.1) is 6.61 Å². The van der Waals surface area contributed by atoms with E-state index in [1.165, 1.54) is 0 Å². The van der Waals surface area contributed by atoms with Crippen molar-refractivity contribution >= 4 is 23.4 Å². The molecule has 2 rings (SSSR count). The summed E-state index contributed by atoms with van der Waals surface area (Å²) in [5, 5.41) is 12.5. The molecular weight excluding hydrogens is 340 g/mol. The average Bonchev–Trinajstić information content (AvgIpc) is 2.82. The first-order valence-electron chi connectivity index (χ1n) is 8.03. The third kappa shape index (κ3) is 4.55. The normalized spacial score (nSPS) is 10.4. The van der Waals surface area contributed by atoms with Gasteiger partial charge in [0, 0.05) is 17.0 Å². The van der Waals surface area contributed by atoms with E-state index in [-0.39, 0.29) is 18.2 Å². The molecule has 25 heavy (non-hydrogen) atoms. The highest BCUT2D eigenvalue weighted by Gasteiger charge is 2.16. The monoisotopic (exact) mass is 360 g/mol. The van der Waals surface area contributed by atoms with Crippen LogP contribution in [0.2, 0.25) is 5.02 Å². The van der Waals surface area contributed by atoms with Crippen molar-refractivity contribution in [3.8, 4) is 11.8 Å². The number of carbonyl (C=O) groups excluding carboxylic acids is 1. The first-order chi connectivity index (χ1) is 11.8. The number of nitriles is 1. The molecule has 0 aliphatic carbocycles. The van der Waals surface area contributed by atoms with Crippen molar-refractivity contribution in [2.24, 2.45) is 0 Å². The molecule has 1 amide bonds. The molecule has 2 aromatic rings. The molecule has 0 bridgehead atoms. The number of hydrogen-bond donors (Lipinski definition) is 1. The lowest BCUT2D eigenvalue weighted by Gasteiger charge is -2.10. The Morgan fingerprint density at radius 1 is 1.28 bits per heavy atom. The van der Waals surface area contributed by atoms with Gasteiger partial charge in [-0.05, 0) is 57.4 Å². The Bertz CT molecular complexity index is 811. The zero-order valence-corrected chi connectivity index (χ0v) is 15.6. The van der Waals surface area contributed by atoms with Crippen molar-refractivity contribution in [1.29, 1.82) is 5.26 Å². The molecule has 0 atom stereocenters. The number of carbonyl (C=O) groups is 1. The summed E-state index contributed by atoms with van der Waals surface area (Å²) in [5.41, 5.74) is 3.04. The van der Waals surface area contributed by atoms with Gasteiger partial charge in [-0.25, -0.2) is 0 Å². The molecule has 1 aromatic heterocycles. The van der Waals surface area contributed by atoms with E-state index >= 15 is 0 Å². The van der Waals surface area contributed by atoms with Gasteiger partial charge in [0.1, 0.15) is 23.1 Å². The van der Waals surface area contributed by atoms with Crippen molar-refractivity contribution in [3.05, 3.63) is 45.2 Å². The summed E-state index contributed by atoms with van der Waals surface area (Å²) in [7, 11) is 0. The molecule has 6 heteroatoms. The number of anilines is 1. The summed E-state index contributed by atoms with van der Waals surface area (Å²) in [5.74, 6) is 1.37. The van der Waals surface area contributed by atoms with Crippen LogP contribution in [0.25, 0.3) is 0 Å².